The number of carbonyl (C=O) groups is 3. The maximum atomic E-state index is 13.5. The molecule has 0 heterocycles. The smallest absolute Gasteiger partial charge is 0.255 e. The summed E-state index contributed by atoms with van der Waals surface area (Å²) in [5.74, 6) is -0.991. The van der Waals surface area contributed by atoms with Crippen LogP contribution in [-0.4, -0.2) is 24.8 Å². The first-order valence-corrected chi connectivity index (χ1v) is 12.0. The Bertz CT molecular complexity index is 1340. The highest BCUT2D eigenvalue weighted by Gasteiger charge is 2.28. The van der Waals surface area contributed by atoms with Crippen molar-refractivity contribution in [2.45, 2.75) is 12.8 Å². The van der Waals surface area contributed by atoms with Crippen LogP contribution in [0.1, 0.15) is 21.5 Å². The number of carbonyl (C=O) groups excluding carboxylic acids is 3. The molecule has 0 saturated carbocycles. The molecule has 0 unspecified atom stereocenters. The average Bonchev–Trinajstić information content (AvgIpc) is 2.91. The maximum Gasteiger partial charge on any atom is 0.255 e. The lowest BCUT2D eigenvalue weighted by molar-refractivity contribution is -0.125. The number of ether oxygens (including phenoxy) is 1. The van der Waals surface area contributed by atoms with Gasteiger partial charge < -0.3 is 10.1 Å². The molecule has 1 N–H and O–H groups in total. The highest BCUT2D eigenvalue weighted by molar-refractivity contribution is 6.34. The minimum absolute atomic E-state index is 0.00857. The summed E-state index contributed by atoms with van der Waals surface area (Å²) in [6, 6.07) is 30.0. The molecule has 0 spiro atoms. The SMILES string of the molecule is COc1cc(NC(=O)c2ccccc2)c(Cl)cc1N(C(=O)Cc1ccccc1)C(=O)Cc1ccccc1. The molecule has 0 aliphatic carbocycles. The molecule has 0 bridgehead atoms. The first kappa shape index (κ1) is 25.7. The number of hydrogen-bond acceptors (Lipinski definition) is 4. The predicted octanol–water partition coefficient (Wildman–Crippen LogP) is 5.95. The van der Waals surface area contributed by atoms with Crippen molar-refractivity contribution in [3.8, 4) is 5.75 Å². The van der Waals surface area contributed by atoms with Gasteiger partial charge in [0.15, 0.2) is 0 Å². The monoisotopic (exact) mass is 512 g/mol. The van der Waals surface area contributed by atoms with E-state index in [1.807, 2.05) is 66.7 Å². The molecular weight excluding hydrogens is 488 g/mol. The molecule has 186 valence electrons. The lowest BCUT2D eigenvalue weighted by atomic mass is 10.1. The van der Waals surface area contributed by atoms with Gasteiger partial charge in [0.25, 0.3) is 5.91 Å². The molecule has 6 nitrogen and oxygen atoms in total. The number of rotatable bonds is 8. The number of nitrogens with one attached hydrogen (secondary N) is 1. The van der Waals surface area contributed by atoms with E-state index < -0.39 is 11.8 Å². The molecule has 4 aromatic carbocycles. The fraction of sp³-hybridized carbons (Fsp3) is 0.100. The Morgan fingerprint density at radius 3 is 1.73 bits per heavy atom. The predicted molar refractivity (Wildman–Crippen MR) is 145 cm³/mol. The summed E-state index contributed by atoms with van der Waals surface area (Å²) in [5.41, 5.74) is 2.48. The van der Waals surface area contributed by atoms with E-state index >= 15 is 0 Å². The van der Waals surface area contributed by atoms with Crippen LogP contribution in [0.4, 0.5) is 11.4 Å². The quantitative estimate of drug-likeness (QED) is 0.317. The van der Waals surface area contributed by atoms with E-state index in [4.69, 9.17) is 16.3 Å². The Balaban J connectivity index is 1.69. The van der Waals surface area contributed by atoms with Gasteiger partial charge in [-0.1, -0.05) is 90.5 Å². The number of methoxy groups -OCH3 is 1. The van der Waals surface area contributed by atoms with Crippen molar-refractivity contribution in [2.24, 2.45) is 0 Å². The Morgan fingerprint density at radius 1 is 0.757 bits per heavy atom. The molecule has 0 atom stereocenters. The van der Waals surface area contributed by atoms with Gasteiger partial charge in [-0.25, -0.2) is 4.90 Å². The minimum Gasteiger partial charge on any atom is -0.494 e. The number of halogens is 1. The Labute approximate surface area is 220 Å². The zero-order valence-corrected chi connectivity index (χ0v) is 20.9. The Kier molecular flexibility index (Phi) is 8.33. The van der Waals surface area contributed by atoms with Gasteiger partial charge in [0.2, 0.25) is 11.8 Å². The summed E-state index contributed by atoms with van der Waals surface area (Å²) in [4.78, 5) is 40.8. The molecule has 0 saturated heterocycles. The molecule has 3 amide bonds. The largest absolute Gasteiger partial charge is 0.494 e. The van der Waals surface area contributed by atoms with Crippen LogP contribution in [0.15, 0.2) is 103 Å². The number of amides is 3. The van der Waals surface area contributed by atoms with Gasteiger partial charge >= 0.3 is 0 Å². The van der Waals surface area contributed by atoms with Crippen molar-refractivity contribution in [3.63, 3.8) is 0 Å². The van der Waals surface area contributed by atoms with Crippen LogP contribution < -0.4 is 15.0 Å². The fourth-order valence-corrected chi connectivity index (χ4v) is 4.07. The van der Waals surface area contributed by atoms with Gasteiger partial charge in [-0.2, -0.15) is 0 Å². The molecule has 0 radical (unpaired) electrons. The van der Waals surface area contributed by atoms with E-state index in [1.54, 1.807) is 24.3 Å². The van der Waals surface area contributed by atoms with Crippen LogP contribution in [0.2, 0.25) is 5.02 Å². The molecule has 4 aromatic rings. The zero-order chi connectivity index (χ0) is 26.2. The third-order valence-electron chi connectivity index (χ3n) is 5.69. The molecule has 0 aliphatic heterocycles. The molecule has 0 aliphatic rings. The first-order chi connectivity index (χ1) is 18.0. The van der Waals surface area contributed by atoms with Crippen molar-refractivity contribution in [3.05, 3.63) is 125 Å². The summed E-state index contributed by atoms with van der Waals surface area (Å²) in [7, 11) is 1.43. The van der Waals surface area contributed by atoms with Gasteiger partial charge in [-0.05, 0) is 29.3 Å². The normalized spacial score (nSPS) is 10.4. The highest BCUT2D eigenvalue weighted by Crippen LogP contribution is 2.38. The van der Waals surface area contributed by atoms with Crippen LogP contribution in [-0.2, 0) is 22.4 Å². The first-order valence-electron chi connectivity index (χ1n) is 11.6. The topological polar surface area (TPSA) is 75.7 Å². The summed E-state index contributed by atoms with van der Waals surface area (Å²) in [6.45, 7) is 0. The molecule has 37 heavy (non-hydrogen) atoms. The standard InChI is InChI=1S/C30H25ClN2O4/c1-37-27-20-25(32-30(36)23-15-9-4-10-16-23)24(31)19-26(27)33(28(34)17-21-11-5-2-6-12-21)29(35)18-22-13-7-3-8-14-22/h2-16,19-20H,17-18H2,1H3,(H,32,36). The second-order valence-corrected chi connectivity index (χ2v) is 8.68. The summed E-state index contributed by atoms with van der Waals surface area (Å²) in [6.07, 6.45) is 0.0171. The summed E-state index contributed by atoms with van der Waals surface area (Å²) >= 11 is 6.54. The van der Waals surface area contributed by atoms with Gasteiger partial charge in [-0.3, -0.25) is 14.4 Å². The van der Waals surface area contributed by atoms with E-state index in [1.165, 1.54) is 19.2 Å². The van der Waals surface area contributed by atoms with Crippen molar-refractivity contribution in [1.82, 2.24) is 0 Å². The van der Waals surface area contributed by atoms with Crippen molar-refractivity contribution < 1.29 is 19.1 Å². The van der Waals surface area contributed by atoms with E-state index in [0.717, 1.165) is 16.0 Å². The summed E-state index contributed by atoms with van der Waals surface area (Å²) < 4.78 is 5.55. The third kappa shape index (κ3) is 6.42. The molecule has 4 rings (SSSR count). The highest BCUT2D eigenvalue weighted by atomic mass is 35.5. The zero-order valence-electron chi connectivity index (χ0n) is 20.2. The van der Waals surface area contributed by atoms with E-state index in [2.05, 4.69) is 5.32 Å². The Hall–Kier alpha value is -4.42. The number of imide groups is 1. The molecule has 0 fully saturated rings. The van der Waals surface area contributed by atoms with Crippen molar-refractivity contribution >= 4 is 40.7 Å². The third-order valence-corrected chi connectivity index (χ3v) is 6.00. The second kappa shape index (κ2) is 12.0. The van der Waals surface area contributed by atoms with Crippen molar-refractivity contribution in [2.75, 3.05) is 17.3 Å². The van der Waals surface area contributed by atoms with Crippen LogP contribution in [0.25, 0.3) is 0 Å². The van der Waals surface area contributed by atoms with E-state index in [-0.39, 0.29) is 35.2 Å². The van der Waals surface area contributed by atoms with E-state index in [0.29, 0.717) is 11.3 Å². The number of nitrogens with zero attached hydrogens (tertiary/aromatic N) is 1. The van der Waals surface area contributed by atoms with Gasteiger partial charge in [0, 0.05) is 11.6 Å². The second-order valence-electron chi connectivity index (χ2n) is 8.27. The minimum atomic E-state index is -0.428. The number of benzene rings is 4. The molecule has 0 aromatic heterocycles. The van der Waals surface area contributed by atoms with Crippen LogP contribution >= 0.6 is 11.6 Å². The maximum absolute atomic E-state index is 13.5. The number of anilines is 2. The van der Waals surface area contributed by atoms with Crippen molar-refractivity contribution in [1.29, 1.82) is 0 Å². The number of hydrogen-bond donors (Lipinski definition) is 1. The van der Waals surface area contributed by atoms with Crippen LogP contribution in [0.3, 0.4) is 0 Å². The summed E-state index contributed by atoms with van der Waals surface area (Å²) in [5, 5.41) is 2.92. The Morgan fingerprint density at radius 2 is 1.24 bits per heavy atom. The van der Waals surface area contributed by atoms with Crippen LogP contribution in [0, 0.1) is 0 Å². The van der Waals surface area contributed by atoms with Gasteiger partial charge in [-0.15, -0.1) is 0 Å². The molecule has 7 heteroatoms. The average molecular weight is 513 g/mol. The lowest BCUT2D eigenvalue weighted by Gasteiger charge is -2.24. The van der Waals surface area contributed by atoms with E-state index in [9.17, 15) is 14.4 Å². The van der Waals surface area contributed by atoms with Crippen LogP contribution in [0.5, 0.6) is 5.75 Å². The van der Waals surface area contributed by atoms with Gasteiger partial charge in [0.1, 0.15) is 5.75 Å². The van der Waals surface area contributed by atoms with Gasteiger partial charge in [0.05, 0.1) is 36.3 Å². The lowest BCUT2D eigenvalue weighted by Crippen LogP contribution is -2.39. The molecular formula is C30H25ClN2O4. The fourth-order valence-electron chi connectivity index (χ4n) is 3.87.